The zero-order valence-electron chi connectivity index (χ0n) is 31.4. The van der Waals surface area contributed by atoms with E-state index in [9.17, 15) is 4.79 Å². The van der Waals surface area contributed by atoms with E-state index in [4.69, 9.17) is 19.3 Å². The molecule has 4 aromatic carbocycles. The minimum absolute atomic E-state index is 0.367. The van der Waals surface area contributed by atoms with Crippen LogP contribution < -0.4 is 25.4 Å². The number of rotatable bonds is 14. The molecule has 0 aliphatic carbocycles. The highest BCUT2D eigenvalue weighted by Crippen LogP contribution is 2.35. The molecular formula is C42H44N10O4. The molecule has 7 aromatic rings. The van der Waals surface area contributed by atoms with Crippen molar-refractivity contribution in [3.8, 4) is 23.1 Å². The first-order valence-electron chi connectivity index (χ1n) is 18.9. The second kappa shape index (κ2) is 16.9. The SMILES string of the molecule is CCCCc1cc(NC(=O)Nc2ccc(Oc3ccnc(Nc4cc(C)c5[nH]ncc5c4)n3)c3ccccc23)n(-c2cccc(OCCN3CCOCC3)c2)n1. The normalized spacial score (nSPS) is 13.2. The van der Waals surface area contributed by atoms with Crippen molar-refractivity contribution < 1.29 is 19.0 Å². The number of aryl methyl sites for hydroxylation is 2. The summed E-state index contributed by atoms with van der Waals surface area (Å²) in [5.74, 6) is 2.63. The van der Waals surface area contributed by atoms with Crippen molar-refractivity contribution in [3.63, 3.8) is 0 Å². The molecule has 4 heterocycles. The van der Waals surface area contributed by atoms with Crippen molar-refractivity contribution in [1.29, 1.82) is 0 Å². The molecule has 14 nitrogen and oxygen atoms in total. The summed E-state index contributed by atoms with van der Waals surface area (Å²) in [4.78, 5) is 25.0. The third-order valence-corrected chi connectivity index (χ3v) is 9.61. The molecule has 1 saturated heterocycles. The van der Waals surface area contributed by atoms with E-state index in [0.717, 1.165) is 102 Å². The molecule has 3 aromatic heterocycles. The predicted octanol–water partition coefficient (Wildman–Crippen LogP) is 8.23. The van der Waals surface area contributed by atoms with E-state index in [-0.39, 0.29) is 0 Å². The fourth-order valence-corrected chi connectivity index (χ4v) is 6.77. The number of anilines is 4. The van der Waals surface area contributed by atoms with Crippen LogP contribution in [0.15, 0.2) is 97.3 Å². The Hall–Kier alpha value is -6.51. The van der Waals surface area contributed by atoms with Crippen molar-refractivity contribution in [3.05, 3.63) is 109 Å². The molecule has 2 amide bonds. The van der Waals surface area contributed by atoms with Gasteiger partial charge in [0.05, 0.1) is 42.0 Å². The maximum absolute atomic E-state index is 13.7. The Morgan fingerprint density at radius 3 is 2.71 bits per heavy atom. The van der Waals surface area contributed by atoms with E-state index in [1.54, 1.807) is 23.1 Å². The average Bonchev–Trinajstić information content (AvgIpc) is 3.86. The number of morpholine rings is 1. The van der Waals surface area contributed by atoms with Gasteiger partial charge >= 0.3 is 6.03 Å². The number of carbonyl (C=O) groups excluding carboxylic acids is 1. The van der Waals surface area contributed by atoms with Gasteiger partial charge < -0.3 is 24.8 Å². The summed E-state index contributed by atoms with van der Waals surface area (Å²) in [6.45, 7) is 8.89. The van der Waals surface area contributed by atoms with Gasteiger partial charge in [0.15, 0.2) is 0 Å². The highest BCUT2D eigenvalue weighted by molar-refractivity contribution is 6.07. The summed E-state index contributed by atoms with van der Waals surface area (Å²) in [6.07, 6.45) is 6.25. The summed E-state index contributed by atoms with van der Waals surface area (Å²) in [6, 6.07) is 26.4. The number of fused-ring (bicyclic) bond motifs is 2. The van der Waals surface area contributed by atoms with Crippen LogP contribution >= 0.6 is 0 Å². The highest BCUT2D eigenvalue weighted by atomic mass is 16.5. The summed E-state index contributed by atoms with van der Waals surface area (Å²) in [5, 5.41) is 24.0. The van der Waals surface area contributed by atoms with Gasteiger partial charge in [-0.2, -0.15) is 15.2 Å². The summed E-state index contributed by atoms with van der Waals surface area (Å²) >= 11 is 0. The topological polar surface area (TPSA) is 156 Å². The van der Waals surface area contributed by atoms with Crippen molar-refractivity contribution in [2.24, 2.45) is 0 Å². The number of aromatic amines is 1. The second-order valence-electron chi connectivity index (χ2n) is 13.6. The van der Waals surface area contributed by atoms with Crippen LogP contribution in [0.2, 0.25) is 0 Å². The molecule has 56 heavy (non-hydrogen) atoms. The summed E-state index contributed by atoms with van der Waals surface area (Å²) in [5.41, 5.74) is 5.18. The maximum Gasteiger partial charge on any atom is 0.324 e. The van der Waals surface area contributed by atoms with Crippen LogP contribution in [-0.4, -0.2) is 80.3 Å². The van der Waals surface area contributed by atoms with E-state index >= 15 is 0 Å². The van der Waals surface area contributed by atoms with Crippen LogP contribution in [0.25, 0.3) is 27.4 Å². The number of nitrogens with one attached hydrogen (secondary N) is 4. The first kappa shape index (κ1) is 36.5. The van der Waals surface area contributed by atoms with Crippen LogP contribution in [0.5, 0.6) is 17.4 Å². The monoisotopic (exact) mass is 752 g/mol. The zero-order valence-corrected chi connectivity index (χ0v) is 31.4. The molecule has 0 atom stereocenters. The smallest absolute Gasteiger partial charge is 0.324 e. The van der Waals surface area contributed by atoms with Crippen molar-refractivity contribution in [2.45, 2.75) is 33.1 Å². The molecule has 0 unspecified atom stereocenters. The van der Waals surface area contributed by atoms with Gasteiger partial charge in [-0.1, -0.05) is 43.7 Å². The lowest BCUT2D eigenvalue weighted by atomic mass is 10.1. The molecule has 0 bridgehead atoms. The summed E-state index contributed by atoms with van der Waals surface area (Å²) in [7, 11) is 0. The first-order chi connectivity index (χ1) is 27.5. The number of hydrogen-bond donors (Lipinski definition) is 4. The molecule has 14 heteroatoms. The predicted molar refractivity (Wildman–Crippen MR) is 218 cm³/mol. The van der Waals surface area contributed by atoms with Crippen LogP contribution in [0.3, 0.4) is 0 Å². The Labute approximate surface area is 324 Å². The van der Waals surface area contributed by atoms with Gasteiger partial charge in [-0.15, -0.1) is 0 Å². The number of amides is 2. The number of hydrogen-bond acceptors (Lipinski definition) is 10. The Morgan fingerprint density at radius 2 is 1.84 bits per heavy atom. The van der Waals surface area contributed by atoms with Gasteiger partial charge in [-0.3, -0.25) is 15.3 Å². The highest BCUT2D eigenvalue weighted by Gasteiger charge is 2.17. The van der Waals surface area contributed by atoms with E-state index < -0.39 is 6.03 Å². The Morgan fingerprint density at radius 1 is 0.964 bits per heavy atom. The van der Waals surface area contributed by atoms with Crippen LogP contribution in [0.4, 0.5) is 27.9 Å². The molecule has 1 aliphatic heterocycles. The molecule has 4 N–H and O–H groups in total. The maximum atomic E-state index is 13.7. The molecular weight excluding hydrogens is 709 g/mol. The van der Waals surface area contributed by atoms with Crippen molar-refractivity contribution in [1.82, 2.24) is 34.8 Å². The van der Waals surface area contributed by atoms with E-state index in [0.29, 0.717) is 35.7 Å². The average molecular weight is 753 g/mol. The Balaban J connectivity index is 0.971. The van der Waals surface area contributed by atoms with Gasteiger partial charge in [-0.05, 0) is 61.7 Å². The molecule has 1 aliphatic rings. The molecule has 0 spiro atoms. The van der Waals surface area contributed by atoms with Gasteiger partial charge in [0.2, 0.25) is 11.8 Å². The van der Waals surface area contributed by atoms with Crippen molar-refractivity contribution in [2.75, 3.05) is 55.4 Å². The number of nitrogens with zero attached hydrogens (tertiary/aromatic N) is 6. The molecule has 8 rings (SSSR count). The van der Waals surface area contributed by atoms with E-state index in [2.05, 4.69) is 47.9 Å². The lowest BCUT2D eigenvalue weighted by Gasteiger charge is -2.26. The number of H-pyrrole nitrogens is 1. The Bertz CT molecular complexity index is 2460. The number of unbranched alkanes of at least 4 members (excludes halogenated alkanes) is 1. The standard InChI is InChI=1S/C42H44N10O4/c1-3-4-8-30-25-38(52(50-30)32-9-7-10-33(26-32)55-22-19-51-17-20-54-21-18-51)47-42(53)46-36-13-14-37(35-12-6-5-11-34(35)36)56-39-15-16-43-41(48-39)45-31-23-28(2)40-29(24-31)27-44-49-40/h5-7,9-16,23-27H,3-4,8,17-22H2,1-2H3,(H,44,49)(H,43,45,48)(H2,46,47,53). The zero-order chi connectivity index (χ0) is 38.3. The third-order valence-electron chi connectivity index (χ3n) is 9.61. The molecule has 286 valence electrons. The van der Waals surface area contributed by atoms with Crippen molar-refractivity contribution >= 4 is 50.8 Å². The number of benzene rings is 4. The Kier molecular flexibility index (Phi) is 11.0. The number of urea groups is 1. The fraction of sp³-hybridized carbons (Fsp3) is 0.262. The van der Waals surface area contributed by atoms with Gasteiger partial charge in [0.1, 0.15) is 23.9 Å². The molecule has 0 radical (unpaired) electrons. The number of ether oxygens (including phenoxy) is 3. The minimum Gasteiger partial charge on any atom is -0.492 e. The lowest BCUT2D eigenvalue weighted by molar-refractivity contribution is 0.0322. The van der Waals surface area contributed by atoms with Crippen LogP contribution in [0.1, 0.15) is 31.0 Å². The molecule has 1 fully saturated rings. The number of aromatic nitrogens is 6. The van der Waals surface area contributed by atoms with Gasteiger partial charge in [0.25, 0.3) is 0 Å². The minimum atomic E-state index is -0.403. The van der Waals surface area contributed by atoms with E-state index in [1.165, 1.54) is 0 Å². The van der Waals surface area contributed by atoms with Gasteiger partial charge in [-0.25, -0.2) is 14.5 Å². The first-order valence-corrected chi connectivity index (χ1v) is 18.9. The van der Waals surface area contributed by atoms with Crippen LogP contribution in [0, 0.1) is 6.92 Å². The third kappa shape index (κ3) is 8.56. The summed E-state index contributed by atoms with van der Waals surface area (Å²) < 4.78 is 19.7. The largest absolute Gasteiger partial charge is 0.492 e. The van der Waals surface area contributed by atoms with Gasteiger partial charge in [0, 0.05) is 65.9 Å². The van der Waals surface area contributed by atoms with Crippen LogP contribution in [-0.2, 0) is 11.2 Å². The second-order valence-corrected chi connectivity index (χ2v) is 13.6. The fourth-order valence-electron chi connectivity index (χ4n) is 6.77. The lowest BCUT2D eigenvalue weighted by Crippen LogP contribution is -2.38. The molecule has 0 saturated carbocycles. The quantitative estimate of drug-likeness (QED) is 0.0854. The van der Waals surface area contributed by atoms with E-state index in [1.807, 2.05) is 85.8 Å². The number of carbonyl (C=O) groups is 1.